The Balaban J connectivity index is 1.62. The third-order valence-corrected chi connectivity index (χ3v) is 5.12. The Hall–Kier alpha value is -4.11. The minimum absolute atomic E-state index is 0.0106. The van der Waals surface area contributed by atoms with Crippen LogP contribution in [0, 0.1) is 11.3 Å². The molecule has 3 heterocycles. The van der Waals surface area contributed by atoms with Gasteiger partial charge in [-0.3, -0.25) is 4.98 Å². The summed E-state index contributed by atoms with van der Waals surface area (Å²) in [6, 6.07) is 23.6. The molecule has 6 nitrogen and oxygen atoms in total. The number of hydrogen-bond acceptors (Lipinski definition) is 5. The van der Waals surface area contributed by atoms with E-state index in [-0.39, 0.29) is 5.92 Å². The predicted molar refractivity (Wildman–Crippen MR) is 110 cm³/mol. The van der Waals surface area contributed by atoms with Crippen LogP contribution in [0.5, 0.6) is 0 Å². The first-order valence-corrected chi connectivity index (χ1v) is 9.31. The third-order valence-electron chi connectivity index (χ3n) is 5.12. The van der Waals surface area contributed by atoms with Crippen molar-refractivity contribution in [3.8, 4) is 17.3 Å². The smallest absolute Gasteiger partial charge is 0.177 e. The van der Waals surface area contributed by atoms with E-state index in [9.17, 15) is 5.26 Å². The molecule has 0 aliphatic carbocycles. The minimum Gasteiger partial charge on any atom is -0.256 e. The monoisotopic (exact) mass is 376 g/mol. The molecule has 0 aliphatic rings. The number of hydrogen-bond donors (Lipinski definition) is 0. The Bertz CT molecular complexity index is 1400. The first kappa shape index (κ1) is 17.0. The molecule has 138 valence electrons. The molecule has 1 atom stereocenters. The summed E-state index contributed by atoms with van der Waals surface area (Å²) in [5.41, 5.74) is 4.84. The van der Waals surface area contributed by atoms with Crippen molar-refractivity contribution in [2.45, 2.75) is 12.8 Å². The van der Waals surface area contributed by atoms with Gasteiger partial charge >= 0.3 is 0 Å². The molecule has 0 saturated heterocycles. The third kappa shape index (κ3) is 2.89. The maximum absolute atomic E-state index is 9.42. The number of fused-ring (bicyclic) bond motifs is 2. The summed E-state index contributed by atoms with van der Waals surface area (Å²) in [7, 11) is 0. The molecule has 0 bridgehead atoms. The molecular formula is C23H16N6. The van der Waals surface area contributed by atoms with Crippen molar-refractivity contribution in [1.82, 2.24) is 24.8 Å². The van der Waals surface area contributed by atoms with Crippen LogP contribution in [0.3, 0.4) is 0 Å². The molecule has 0 amide bonds. The van der Waals surface area contributed by atoms with Gasteiger partial charge < -0.3 is 0 Å². The molecule has 2 aromatic carbocycles. The van der Waals surface area contributed by atoms with E-state index in [1.54, 1.807) is 16.8 Å². The van der Waals surface area contributed by atoms with Crippen LogP contribution in [0.4, 0.5) is 0 Å². The molecule has 0 radical (unpaired) electrons. The van der Waals surface area contributed by atoms with Crippen LogP contribution in [0.25, 0.3) is 27.8 Å². The lowest BCUT2D eigenvalue weighted by atomic mass is 9.98. The zero-order chi connectivity index (χ0) is 19.8. The number of aromatic nitrogens is 5. The fourth-order valence-corrected chi connectivity index (χ4v) is 3.54. The van der Waals surface area contributed by atoms with Gasteiger partial charge in [0.2, 0.25) is 0 Å². The Morgan fingerprint density at radius 3 is 2.76 bits per heavy atom. The van der Waals surface area contributed by atoms with Crippen molar-refractivity contribution < 1.29 is 0 Å². The molecule has 0 unspecified atom stereocenters. The topological polar surface area (TPSA) is 79.8 Å². The van der Waals surface area contributed by atoms with Gasteiger partial charge in [0.05, 0.1) is 22.8 Å². The van der Waals surface area contributed by atoms with Gasteiger partial charge in [0, 0.05) is 23.1 Å². The van der Waals surface area contributed by atoms with Crippen LogP contribution in [-0.2, 0) is 0 Å². The lowest BCUT2D eigenvalue weighted by molar-refractivity contribution is 0.753. The van der Waals surface area contributed by atoms with E-state index in [1.165, 1.54) is 0 Å². The van der Waals surface area contributed by atoms with Crippen LogP contribution in [0.1, 0.15) is 29.8 Å². The maximum Gasteiger partial charge on any atom is 0.177 e. The van der Waals surface area contributed by atoms with Crippen LogP contribution >= 0.6 is 0 Å². The van der Waals surface area contributed by atoms with Crippen molar-refractivity contribution in [2.75, 3.05) is 0 Å². The minimum atomic E-state index is -0.0106. The highest BCUT2D eigenvalue weighted by atomic mass is 15.4. The van der Waals surface area contributed by atoms with Crippen molar-refractivity contribution in [3.05, 3.63) is 89.9 Å². The Labute approximate surface area is 167 Å². The molecule has 0 fully saturated rings. The van der Waals surface area contributed by atoms with Gasteiger partial charge in [0.25, 0.3) is 0 Å². The normalized spacial score (nSPS) is 12.1. The lowest BCUT2D eigenvalue weighted by Gasteiger charge is -2.11. The number of benzene rings is 2. The second-order valence-corrected chi connectivity index (χ2v) is 6.88. The summed E-state index contributed by atoms with van der Waals surface area (Å²) in [4.78, 5) is 4.38. The summed E-state index contributed by atoms with van der Waals surface area (Å²) in [6.07, 6.45) is 1.79. The highest BCUT2D eigenvalue weighted by Gasteiger charge is 2.18. The molecule has 5 aromatic rings. The Morgan fingerprint density at radius 1 is 0.966 bits per heavy atom. The van der Waals surface area contributed by atoms with Crippen LogP contribution in [0.2, 0.25) is 0 Å². The Morgan fingerprint density at radius 2 is 1.86 bits per heavy atom. The summed E-state index contributed by atoms with van der Waals surface area (Å²) < 4.78 is 1.77. The fraction of sp³-hybridized carbons (Fsp3) is 0.0870. The maximum atomic E-state index is 9.42. The van der Waals surface area contributed by atoms with E-state index in [2.05, 4.69) is 46.4 Å². The first-order chi connectivity index (χ1) is 14.2. The summed E-state index contributed by atoms with van der Waals surface area (Å²) >= 11 is 0. The van der Waals surface area contributed by atoms with Gasteiger partial charge in [0.15, 0.2) is 11.5 Å². The van der Waals surface area contributed by atoms with E-state index >= 15 is 0 Å². The number of nitrogens with zero attached hydrogens (tertiary/aromatic N) is 6. The highest BCUT2D eigenvalue weighted by molar-refractivity contribution is 5.79. The van der Waals surface area contributed by atoms with Gasteiger partial charge in [-0.15, -0.1) is 10.2 Å². The van der Waals surface area contributed by atoms with Gasteiger partial charge in [-0.1, -0.05) is 37.3 Å². The van der Waals surface area contributed by atoms with E-state index < -0.39 is 0 Å². The Kier molecular flexibility index (Phi) is 3.99. The molecule has 0 aliphatic heterocycles. The van der Waals surface area contributed by atoms with Crippen LogP contribution in [0.15, 0.2) is 72.9 Å². The zero-order valence-corrected chi connectivity index (χ0v) is 15.7. The molecule has 5 rings (SSSR count). The largest absolute Gasteiger partial charge is 0.256 e. The van der Waals surface area contributed by atoms with E-state index in [0.29, 0.717) is 16.9 Å². The predicted octanol–water partition coefficient (Wildman–Crippen LogP) is 4.36. The molecule has 3 aromatic heterocycles. The first-order valence-electron chi connectivity index (χ1n) is 9.31. The summed E-state index contributed by atoms with van der Waals surface area (Å²) in [5, 5.41) is 23.9. The van der Waals surface area contributed by atoms with Gasteiger partial charge in [0.1, 0.15) is 0 Å². The molecule has 29 heavy (non-hydrogen) atoms. The van der Waals surface area contributed by atoms with Crippen molar-refractivity contribution in [2.24, 2.45) is 0 Å². The number of pyridine rings is 1. The number of nitriles is 1. The SMILES string of the molecule is C[C@@H](c1ccc2ncccc2c1)c1nnc2ccc(-c3ccccc3C#N)nn12. The van der Waals surface area contributed by atoms with E-state index in [0.717, 1.165) is 27.9 Å². The quantitative estimate of drug-likeness (QED) is 0.467. The molecule has 0 N–H and O–H groups in total. The lowest BCUT2D eigenvalue weighted by Crippen LogP contribution is -2.06. The zero-order valence-electron chi connectivity index (χ0n) is 15.7. The summed E-state index contributed by atoms with van der Waals surface area (Å²) in [5.74, 6) is 0.739. The van der Waals surface area contributed by atoms with E-state index in [1.807, 2.05) is 42.5 Å². The van der Waals surface area contributed by atoms with Crippen LogP contribution in [-0.4, -0.2) is 24.8 Å². The van der Waals surface area contributed by atoms with Crippen LogP contribution < -0.4 is 0 Å². The highest BCUT2D eigenvalue weighted by Crippen LogP contribution is 2.27. The van der Waals surface area contributed by atoms with Gasteiger partial charge in [-0.05, 0) is 42.0 Å². The van der Waals surface area contributed by atoms with Gasteiger partial charge in [-0.2, -0.15) is 14.9 Å². The molecule has 6 heteroatoms. The average molecular weight is 376 g/mol. The fourth-order valence-electron chi connectivity index (χ4n) is 3.54. The van der Waals surface area contributed by atoms with Crippen molar-refractivity contribution in [1.29, 1.82) is 5.26 Å². The molecular weight excluding hydrogens is 360 g/mol. The molecule has 0 saturated carbocycles. The summed E-state index contributed by atoms with van der Waals surface area (Å²) in [6.45, 7) is 2.09. The van der Waals surface area contributed by atoms with Gasteiger partial charge in [-0.25, -0.2) is 0 Å². The second-order valence-electron chi connectivity index (χ2n) is 6.88. The van der Waals surface area contributed by atoms with Crippen molar-refractivity contribution in [3.63, 3.8) is 0 Å². The average Bonchev–Trinajstić information content (AvgIpc) is 3.21. The second kappa shape index (κ2) is 6.80. The van der Waals surface area contributed by atoms with E-state index in [4.69, 9.17) is 5.10 Å². The number of rotatable bonds is 3. The van der Waals surface area contributed by atoms with Crippen molar-refractivity contribution >= 4 is 16.6 Å². The molecule has 0 spiro atoms. The standard InChI is InChI=1S/C23H16N6/c1-15(16-8-9-20-17(13-16)6-4-12-25-20)23-27-26-22-11-10-21(28-29(22)23)19-7-3-2-5-18(19)14-24/h2-13,15H,1H3/t15-/m0/s1.